The summed E-state index contributed by atoms with van der Waals surface area (Å²) in [4.78, 5) is 26.8. The van der Waals surface area contributed by atoms with Crippen LogP contribution in [0, 0.1) is 0 Å². The minimum absolute atomic E-state index is 0.293. The Labute approximate surface area is 199 Å². The van der Waals surface area contributed by atoms with Gasteiger partial charge in [0.25, 0.3) is 0 Å². The number of hydrogen-bond acceptors (Lipinski definition) is 5. The van der Waals surface area contributed by atoms with E-state index in [9.17, 15) is 9.90 Å². The summed E-state index contributed by atoms with van der Waals surface area (Å²) in [6, 6.07) is 9.40. The van der Waals surface area contributed by atoms with Gasteiger partial charge in [-0.05, 0) is 48.8 Å². The molecule has 0 saturated heterocycles. The number of benzene rings is 1. The molecule has 0 unspecified atom stereocenters. The van der Waals surface area contributed by atoms with Crippen LogP contribution in [0.15, 0.2) is 60.1 Å². The number of nitrogens with zero attached hydrogens (tertiary/aromatic N) is 5. The number of nitrogen functional groups attached to an aromatic ring is 1. The average Bonchev–Trinajstić information content (AvgIpc) is 3.04. The molecule has 3 N–H and O–H groups in total. The maximum absolute atomic E-state index is 12.1. The van der Waals surface area contributed by atoms with Crippen LogP contribution in [0.4, 0.5) is 10.6 Å². The predicted molar refractivity (Wildman–Crippen MR) is 134 cm³/mol. The van der Waals surface area contributed by atoms with Crippen molar-refractivity contribution in [1.82, 2.24) is 24.4 Å². The first kappa shape index (κ1) is 22.7. The molecule has 4 rings (SSSR count). The fourth-order valence-electron chi connectivity index (χ4n) is 4.18. The average molecular weight is 509 g/mol. The Balaban J connectivity index is 1.92. The number of carbonyl (C=O) groups is 1. The molecule has 170 valence electrons. The van der Waals surface area contributed by atoms with Crippen molar-refractivity contribution in [3.05, 3.63) is 60.1 Å². The van der Waals surface area contributed by atoms with Gasteiger partial charge in [0.2, 0.25) is 0 Å². The van der Waals surface area contributed by atoms with Crippen LogP contribution in [0.25, 0.3) is 33.1 Å². The standard InChI is InChI=1S/C24H25BrN6O2/c1-5-16(31(23(32)33)24(2,3)4)12-30-20(25)18(19-21(26)28-13-29-22(19)30)15-10-14-8-6-7-9-17(14)27-11-15/h5-11,13,16H,1,12H2,2-4H3,(H,32,33)(H2,26,28,29)/t16-/m0/s1. The van der Waals surface area contributed by atoms with Crippen molar-refractivity contribution in [3.8, 4) is 11.1 Å². The number of amides is 1. The normalized spacial score (nSPS) is 12.7. The third-order valence-electron chi connectivity index (χ3n) is 5.59. The van der Waals surface area contributed by atoms with Crippen molar-refractivity contribution in [2.75, 3.05) is 5.73 Å². The lowest BCUT2D eigenvalue weighted by molar-refractivity contribution is 0.0786. The number of fused-ring (bicyclic) bond motifs is 2. The first-order valence-electron chi connectivity index (χ1n) is 10.4. The molecular formula is C24H25BrN6O2. The molecule has 1 atom stereocenters. The van der Waals surface area contributed by atoms with E-state index < -0.39 is 17.7 Å². The molecule has 0 aliphatic rings. The maximum Gasteiger partial charge on any atom is 0.408 e. The summed E-state index contributed by atoms with van der Waals surface area (Å²) in [7, 11) is 0. The fraction of sp³-hybridized carbons (Fsp3) is 0.250. The molecule has 0 aliphatic carbocycles. The summed E-state index contributed by atoms with van der Waals surface area (Å²) in [5, 5.41) is 11.6. The number of nitrogens with two attached hydrogens (primary N) is 1. The van der Waals surface area contributed by atoms with E-state index in [-0.39, 0.29) is 0 Å². The minimum atomic E-state index is -1.02. The quantitative estimate of drug-likeness (QED) is 0.352. The smallest absolute Gasteiger partial charge is 0.408 e. The van der Waals surface area contributed by atoms with Gasteiger partial charge in [-0.25, -0.2) is 14.8 Å². The van der Waals surface area contributed by atoms with Gasteiger partial charge in [-0.2, -0.15) is 0 Å². The lowest BCUT2D eigenvalue weighted by Crippen LogP contribution is -2.51. The van der Waals surface area contributed by atoms with Gasteiger partial charge in [0.15, 0.2) is 0 Å². The lowest BCUT2D eigenvalue weighted by atomic mass is 10.0. The van der Waals surface area contributed by atoms with Crippen LogP contribution < -0.4 is 5.73 Å². The molecule has 0 spiro atoms. The molecule has 1 amide bonds. The van der Waals surface area contributed by atoms with Gasteiger partial charge in [0, 0.05) is 34.8 Å². The highest BCUT2D eigenvalue weighted by molar-refractivity contribution is 9.10. The van der Waals surface area contributed by atoms with Crippen LogP contribution in [-0.4, -0.2) is 47.2 Å². The summed E-state index contributed by atoms with van der Waals surface area (Å²) in [5.41, 5.74) is 8.82. The molecule has 3 aromatic heterocycles. The second-order valence-electron chi connectivity index (χ2n) is 8.78. The van der Waals surface area contributed by atoms with E-state index in [1.165, 1.54) is 11.2 Å². The Morgan fingerprint density at radius 1 is 1.30 bits per heavy atom. The second-order valence-corrected chi connectivity index (χ2v) is 9.53. The SMILES string of the molecule is C=C[C@@H](Cn1c(Br)c(-c2cnc3ccccc3c2)c2c(N)ncnc21)N(C(=O)O)C(C)(C)C. The fourth-order valence-corrected chi connectivity index (χ4v) is 4.92. The number of carboxylic acid groups (broad SMARTS) is 1. The molecule has 0 saturated carbocycles. The Kier molecular flexibility index (Phi) is 5.84. The zero-order chi connectivity index (χ0) is 23.9. The van der Waals surface area contributed by atoms with E-state index in [0.717, 1.165) is 22.0 Å². The molecule has 33 heavy (non-hydrogen) atoms. The zero-order valence-corrected chi connectivity index (χ0v) is 20.2. The van der Waals surface area contributed by atoms with E-state index in [2.05, 4.69) is 37.5 Å². The zero-order valence-electron chi connectivity index (χ0n) is 18.7. The number of anilines is 1. The van der Waals surface area contributed by atoms with Gasteiger partial charge >= 0.3 is 6.09 Å². The third kappa shape index (κ3) is 4.04. The Hall–Kier alpha value is -3.46. The topological polar surface area (TPSA) is 110 Å². The van der Waals surface area contributed by atoms with Crippen molar-refractivity contribution in [2.45, 2.75) is 38.9 Å². The number of aromatic nitrogens is 4. The number of hydrogen-bond donors (Lipinski definition) is 2. The molecule has 8 nitrogen and oxygen atoms in total. The monoisotopic (exact) mass is 508 g/mol. The molecule has 3 heterocycles. The van der Waals surface area contributed by atoms with Gasteiger partial charge in [-0.3, -0.25) is 9.88 Å². The minimum Gasteiger partial charge on any atom is -0.465 e. The highest BCUT2D eigenvalue weighted by Crippen LogP contribution is 2.40. The Morgan fingerprint density at radius 3 is 2.70 bits per heavy atom. The lowest BCUT2D eigenvalue weighted by Gasteiger charge is -2.38. The number of rotatable bonds is 5. The second kappa shape index (κ2) is 8.47. The van der Waals surface area contributed by atoms with Gasteiger partial charge in [-0.15, -0.1) is 6.58 Å². The van der Waals surface area contributed by atoms with Gasteiger partial charge in [0.1, 0.15) is 17.8 Å². The van der Waals surface area contributed by atoms with Crippen LogP contribution in [-0.2, 0) is 6.54 Å². The van der Waals surface area contributed by atoms with Crippen molar-refractivity contribution in [2.24, 2.45) is 0 Å². The van der Waals surface area contributed by atoms with Crippen molar-refractivity contribution < 1.29 is 9.90 Å². The van der Waals surface area contributed by atoms with Gasteiger partial charge in [0.05, 0.1) is 21.5 Å². The summed E-state index contributed by atoms with van der Waals surface area (Å²) in [6.45, 7) is 9.75. The third-order valence-corrected chi connectivity index (χ3v) is 6.41. The van der Waals surface area contributed by atoms with Crippen LogP contribution in [0.5, 0.6) is 0 Å². The molecular weight excluding hydrogens is 484 g/mol. The van der Waals surface area contributed by atoms with Crippen LogP contribution in [0.3, 0.4) is 0 Å². The maximum atomic E-state index is 12.1. The molecule has 0 fully saturated rings. The molecule has 1 aromatic carbocycles. The molecule has 0 bridgehead atoms. The predicted octanol–water partition coefficient (Wildman–Crippen LogP) is 5.32. The summed E-state index contributed by atoms with van der Waals surface area (Å²) in [5.74, 6) is 0.337. The Morgan fingerprint density at radius 2 is 2.03 bits per heavy atom. The van der Waals surface area contributed by atoms with Crippen molar-refractivity contribution in [3.63, 3.8) is 0 Å². The van der Waals surface area contributed by atoms with Crippen molar-refractivity contribution >= 4 is 49.8 Å². The molecule has 4 aromatic rings. The number of para-hydroxylation sites is 1. The first-order chi connectivity index (χ1) is 15.6. The highest BCUT2D eigenvalue weighted by Gasteiger charge is 2.33. The van der Waals surface area contributed by atoms with E-state index in [4.69, 9.17) is 5.73 Å². The molecule has 9 heteroatoms. The van der Waals surface area contributed by atoms with Crippen molar-refractivity contribution in [1.29, 1.82) is 0 Å². The number of pyridine rings is 1. The van der Waals surface area contributed by atoms with Gasteiger partial charge in [-0.1, -0.05) is 24.3 Å². The van der Waals surface area contributed by atoms with Crippen LogP contribution in [0.2, 0.25) is 0 Å². The Bertz CT molecular complexity index is 1370. The summed E-state index contributed by atoms with van der Waals surface area (Å²) < 4.78 is 2.62. The molecule has 0 radical (unpaired) electrons. The first-order valence-corrected chi connectivity index (χ1v) is 11.2. The highest BCUT2D eigenvalue weighted by atomic mass is 79.9. The van der Waals surface area contributed by atoms with Crippen LogP contribution in [0.1, 0.15) is 20.8 Å². The number of halogens is 1. The van der Waals surface area contributed by atoms with E-state index >= 15 is 0 Å². The molecule has 0 aliphatic heterocycles. The van der Waals surface area contributed by atoms with E-state index in [0.29, 0.717) is 28.0 Å². The van der Waals surface area contributed by atoms with Crippen LogP contribution >= 0.6 is 15.9 Å². The van der Waals surface area contributed by atoms with Gasteiger partial charge < -0.3 is 15.4 Å². The summed E-state index contributed by atoms with van der Waals surface area (Å²) >= 11 is 3.74. The summed E-state index contributed by atoms with van der Waals surface area (Å²) in [6.07, 6.45) is 3.82. The largest absolute Gasteiger partial charge is 0.465 e. The van der Waals surface area contributed by atoms with E-state index in [1.807, 2.05) is 55.7 Å². The van der Waals surface area contributed by atoms with E-state index in [1.54, 1.807) is 12.3 Å².